The Bertz CT molecular complexity index is 360. The Morgan fingerprint density at radius 1 is 1.24 bits per heavy atom. The third-order valence-electron chi connectivity index (χ3n) is 2.23. The number of benzene rings is 1. The average molecular weight is 233 g/mol. The van der Waals surface area contributed by atoms with Gasteiger partial charge >= 0.3 is 0 Å². The molecule has 0 spiro atoms. The zero-order valence-electron chi connectivity index (χ0n) is 11.3. The molecule has 1 N–H and O–H groups in total. The lowest BCUT2D eigenvalue weighted by Crippen LogP contribution is -2.35. The molecule has 0 bridgehead atoms. The molecule has 0 radical (unpaired) electrons. The van der Waals surface area contributed by atoms with Crippen molar-refractivity contribution in [2.45, 2.75) is 39.8 Å². The predicted molar refractivity (Wildman–Crippen MR) is 73.3 cm³/mol. The first-order valence-electron chi connectivity index (χ1n) is 5.98. The van der Waals surface area contributed by atoms with E-state index < -0.39 is 0 Å². The first-order valence-corrected chi connectivity index (χ1v) is 5.98. The van der Waals surface area contributed by atoms with Crippen molar-refractivity contribution in [3.05, 3.63) is 42.0 Å². The second-order valence-corrected chi connectivity index (χ2v) is 5.49. The van der Waals surface area contributed by atoms with Gasteiger partial charge in [-0.15, -0.1) is 0 Å². The van der Waals surface area contributed by atoms with E-state index in [1.54, 1.807) is 0 Å². The summed E-state index contributed by atoms with van der Waals surface area (Å²) in [7, 11) is 0. The van der Waals surface area contributed by atoms with Crippen LogP contribution in [0.15, 0.2) is 36.4 Å². The molecule has 0 saturated carbocycles. The average Bonchev–Trinajstić information content (AvgIpc) is 2.24. The molecule has 0 fully saturated rings. The first-order chi connectivity index (χ1) is 7.87. The Labute approximate surface area is 105 Å². The molecule has 1 aromatic carbocycles. The summed E-state index contributed by atoms with van der Waals surface area (Å²) in [5, 5.41) is 3.45. The summed E-state index contributed by atoms with van der Waals surface area (Å²) in [6, 6.07) is 8.18. The van der Waals surface area contributed by atoms with Crippen LogP contribution in [0.5, 0.6) is 5.75 Å². The normalized spacial score (nSPS) is 11.3. The molecule has 2 heteroatoms. The number of rotatable bonds is 5. The van der Waals surface area contributed by atoms with Crippen molar-refractivity contribution in [1.82, 2.24) is 5.32 Å². The molecule has 0 atom stereocenters. The Morgan fingerprint density at radius 3 is 2.29 bits per heavy atom. The molecule has 0 aliphatic rings. The SMILES string of the molecule is C=C(C)COc1ccc(CNC(C)(C)C)cc1. The molecule has 0 amide bonds. The zero-order chi connectivity index (χ0) is 12.9. The van der Waals surface area contributed by atoms with Gasteiger partial charge in [0.25, 0.3) is 0 Å². The van der Waals surface area contributed by atoms with Crippen molar-refractivity contribution in [2.24, 2.45) is 0 Å². The maximum atomic E-state index is 5.55. The lowest BCUT2D eigenvalue weighted by molar-refractivity contribution is 0.352. The smallest absolute Gasteiger partial charge is 0.119 e. The summed E-state index contributed by atoms with van der Waals surface area (Å²) in [5.41, 5.74) is 2.45. The molecule has 0 aliphatic carbocycles. The predicted octanol–water partition coefficient (Wildman–Crippen LogP) is 3.53. The topological polar surface area (TPSA) is 21.3 Å². The lowest BCUT2D eigenvalue weighted by Gasteiger charge is -2.20. The molecular formula is C15H23NO. The highest BCUT2D eigenvalue weighted by atomic mass is 16.5. The van der Waals surface area contributed by atoms with Crippen LogP contribution in [0.25, 0.3) is 0 Å². The summed E-state index contributed by atoms with van der Waals surface area (Å²) in [6.45, 7) is 13.7. The van der Waals surface area contributed by atoms with Gasteiger partial charge in [-0.1, -0.05) is 18.7 Å². The van der Waals surface area contributed by atoms with Crippen LogP contribution in [0.4, 0.5) is 0 Å². The molecule has 0 heterocycles. The molecule has 0 aliphatic heterocycles. The van der Waals surface area contributed by atoms with E-state index >= 15 is 0 Å². The quantitative estimate of drug-likeness (QED) is 0.786. The largest absolute Gasteiger partial charge is 0.489 e. The van der Waals surface area contributed by atoms with E-state index in [2.05, 4.69) is 44.8 Å². The standard InChI is InChI=1S/C15H23NO/c1-12(2)11-17-14-8-6-13(7-9-14)10-16-15(3,4)5/h6-9,16H,1,10-11H2,2-5H3. The fourth-order valence-corrected chi connectivity index (χ4v) is 1.28. The molecule has 1 rings (SSSR count). The van der Waals surface area contributed by atoms with Gasteiger partial charge in [0.2, 0.25) is 0 Å². The fraction of sp³-hybridized carbons (Fsp3) is 0.467. The number of ether oxygens (including phenoxy) is 1. The van der Waals surface area contributed by atoms with E-state index in [-0.39, 0.29) is 5.54 Å². The molecule has 2 nitrogen and oxygen atoms in total. The number of nitrogens with one attached hydrogen (secondary N) is 1. The second kappa shape index (κ2) is 5.87. The zero-order valence-corrected chi connectivity index (χ0v) is 11.3. The van der Waals surface area contributed by atoms with Crippen LogP contribution in [0.1, 0.15) is 33.3 Å². The van der Waals surface area contributed by atoms with Crippen molar-refractivity contribution in [1.29, 1.82) is 0 Å². The third kappa shape index (κ3) is 6.12. The van der Waals surface area contributed by atoms with Crippen molar-refractivity contribution >= 4 is 0 Å². The van der Waals surface area contributed by atoms with E-state index in [9.17, 15) is 0 Å². The van der Waals surface area contributed by atoms with Gasteiger partial charge in [0.15, 0.2) is 0 Å². The molecule has 94 valence electrons. The van der Waals surface area contributed by atoms with Gasteiger partial charge < -0.3 is 10.1 Å². The van der Waals surface area contributed by atoms with Crippen LogP contribution in [0, 0.1) is 0 Å². The van der Waals surface area contributed by atoms with Crippen molar-refractivity contribution in [3.8, 4) is 5.75 Å². The molecule has 0 unspecified atom stereocenters. The summed E-state index contributed by atoms with van der Waals surface area (Å²) >= 11 is 0. The molecule has 0 aromatic heterocycles. The summed E-state index contributed by atoms with van der Waals surface area (Å²) in [4.78, 5) is 0. The minimum Gasteiger partial charge on any atom is -0.489 e. The summed E-state index contributed by atoms with van der Waals surface area (Å²) in [5.74, 6) is 0.896. The first kappa shape index (κ1) is 13.8. The minimum absolute atomic E-state index is 0.148. The second-order valence-electron chi connectivity index (χ2n) is 5.49. The molecule has 0 saturated heterocycles. The summed E-state index contributed by atoms with van der Waals surface area (Å²) < 4.78 is 5.55. The van der Waals surface area contributed by atoms with Crippen LogP contribution in [-0.2, 0) is 6.54 Å². The highest BCUT2D eigenvalue weighted by Crippen LogP contribution is 2.13. The van der Waals surface area contributed by atoms with Crippen LogP contribution in [0.2, 0.25) is 0 Å². The van der Waals surface area contributed by atoms with Gasteiger partial charge in [0.05, 0.1) is 0 Å². The van der Waals surface area contributed by atoms with E-state index in [0.29, 0.717) is 6.61 Å². The van der Waals surface area contributed by atoms with Crippen LogP contribution < -0.4 is 10.1 Å². The highest BCUT2D eigenvalue weighted by molar-refractivity contribution is 5.27. The number of hydrogen-bond acceptors (Lipinski definition) is 2. The monoisotopic (exact) mass is 233 g/mol. The Kier molecular flexibility index (Phi) is 4.76. The van der Waals surface area contributed by atoms with Crippen LogP contribution >= 0.6 is 0 Å². The summed E-state index contributed by atoms with van der Waals surface area (Å²) in [6.07, 6.45) is 0. The minimum atomic E-state index is 0.148. The van der Waals surface area contributed by atoms with Crippen molar-refractivity contribution in [3.63, 3.8) is 0 Å². The van der Waals surface area contributed by atoms with Crippen molar-refractivity contribution < 1.29 is 4.74 Å². The van der Waals surface area contributed by atoms with Crippen LogP contribution in [0.3, 0.4) is 0 Å². The van der Waals surface area contributed by atoms with Gasteiger partial charge in [-0.2, -0.15) is 0 Å². The van der Waals surface area contributed by atoms with E-state index in [0.717, 1.165) is 17.9 Å². The van der Waals surface area contributed by atoms with Gasteiger partial charge in [0, 0.05) is 12.1 Å². The fourth-order valence-electron chi connectivity index (χ4n) is 1.28. The molecule has 1 aromatic rings. The van der Waals surface area contributed by atoms with E-state index in [1.165, 1.54) is 5.56 Å². The van der Waals surface area contributed by atoms with Gasteiger partial charge in [0.1, 0.15) is 12.4 Å². The third-order valence-corrected chi connectivity index (χ3v) is 2.23. The van der Waals surface area contributed by atoms with E-state index in [4.69, 9.17) is 4.74 Å². The van der Waals surface area contributed by atoms with Gasteiger partial charge in [-0.25, -0.2) is 0 Å². The maximum Gasteiger partial charge on any atom is 0.119 e. The van der Waals surface area contributed by atoms with Crippen molar-refractivity contribution in [2.75, 3.05) is 6.61 Å². The highest BCUT2D eigenvalue weighted by Gasteiger charge is 2.07. The Balaban J connectivity index is 2.47. The number of hydrogen-bond donors (Lipinski definition) is 1. The Morgan fingerprint density at radius 2 is 1.82 bits per heavy atom. The maximum absolute atomic E-state index is 5.55. The molecular weight excluding hydrogens is 210 g/mol. The van der Waals surface area contributed by atoms with Gasteiger partial charge in [-0.3, -0.25) is 0 Å². The van der Waals surface area contributed by atoms with E-state index in [1.807, 2.05) is 19.1 Å². The lowest BCUT2D eigenvalue weighted by atomic mass is 10.1. The van der Waals surface area contributed by atoms with Gasteiger partial charge in [-0.05, 0) is 51.0 Å². The van der Waals surface area contributed by atoms with Crippen LogP contribution in [-0.4, -0.2) is 12.1 Å². The Hall–Kier alpha value is -1.28. The molecule has 17 heavy (non-hydrogen) atoms.